The molecule has 0 saturated carbocycles. The van der Waals surface area contributed by atoms with Gasteiger partial charge in [-0.3, -0.25) is 14.5 Å². The number of hydrogen-bond donors (Lipinski definition) is 1. The molecule has 4 aromatic carbocycles. The maximum atomic E-state index is 13.6. The van der Waals surface area contributed by atoms with E-state index in [4.69, 9.17) is 9.73 Å². The lowest BCUT2D eigenvalue weighted by atomic mass is 10.1. The topological polar surface area (TPSA) is 71.0 Å². The highest BCUT2D eigenvalue weighted by atomic mass is 32.2. The van der Waals surface area contributed by atoms with Gasteiger partial charge in [0.1, 0.15) is 17.3 Å². The molecule has 188 valence electrons. The third-order valence-electron chi connectivity index (χ3n) is 6.05. The first-order valence-electron chi connectivity index (χ1n) is 12.0. The molecule has 1 aliphatic rings. The van der Waals surface area contributed by atoms with Crippen LogP contribution in [0.3, 0.4) is 0 Å². The van der Waals surface area contributed by atoms with Crippen LogP contribution in [0.5, 0.6) is 5.75 Å². The molecule has 0 unspecified atom stereocenters. The van der Waals surface area contributed by atoms with Gasteiger partial charge in [-0.1, -0.05) is 42.5 Å². The van der Waals surface area contributed by atoms with Gasteiger partial charge in [0.05, 0.1) is 12.8 Å². The summed E-state index contributed by atoms with van der Waals surface area (Å²) in [6.45, 7) is 0. The van der Waals surface area contributed by atoms with Crippen LogP contribution in [0, 0.1) is 0 Å². The molecule has 1 aliphatic heterocycles. The molecule has 0 spiro atoms. The Morgan fingerprint density at radius 2 is 1.58 bits per heavy atom. The lowest BCUT2D eigenvalue weighted by Gasteiger charge is -2.19. The highest BCUT2D eigenvalue weighted by Crippen LogP contribution is 2.29. The SMILES string of the molecule is COc1ccc(NC(=O)c2ccc(N3C(=O)C(=Cc4ccc(SC)cc4)N=C3c3ccccc3)cc2)cc1. The summed E-state index contributed by atoms with van der Waals surface area (Å²) in [5, 5.41) is 2.88. The van der Waals surface area contributed by atoms with Crippen molar-refractivity contribution >= 4 is 46.9 Å². The van der Waals surface area contributed by atoms with Gasteiger partial charge < -0.3 is 10.1 Å². The Morgan fingerprint density at radius 3 is 2.21 bits per heavy atom. The van der Waals surface area contributed by atoms with Crippen LogP contribution in [0.25, 0.3) is 6.08 Å². The normalized spacial score (nSPS) is 13.9. The zero-order valence-corrected chi connectivity index (χ0v) is 21.7. The van der Waals surface area contributed by atoms with E-state index in [9.17, 15) is 9.59 Å². The maximum Gasteiger partial charge on any atom is 0.282 e. The molecule has 1 heterocycles. The first-order valence-corrected chi connectivity index (χ1v) is 13.2. The largest absolute Gasteiger partial charge is 0.497 e. The number of aliphatic imine (C=N–C) groups is 1. The number of nitrogens with one attached hydrogen (secondary N) is 1. The van der Waals surface area contributed by atoms with Crippen molar-refractivity contribution in [1.82, 2.24) is 0 Å². The lowest BCUT2D eigenvalue weighted by Crippen LogP contribution is -2.32. The molecule has 0 aromatic heterocycles. The summed E-state index contributed by atoms with van der Waals surface area (Å²) >= 11 is 1.66. The van der Waals surface area contributed by atoms with Crippen LogP contribution >= 0.6 is 11.8 Å². The average molecular weight is 520 g/mol. The van der Waals surface area contributed by atoms with Gasteiger partial charge in [-0.2, -0.15) is 0 Å². The molecular weight excluding hydrogens is 494 g/mol. The van der Waals surface area contributed by atoms with Crippen LogP contribution in [0.2, 0.25) is 0 Å². The van der Waals surface area contributed by atoms with E-state index in [0.717, 1.165) is 16.0 Å². The molecule has 0 aliphatic carbocycles. The van der Waals surface area contributed by atoms with Crippen LogP contribution in [-0.4, -0.2) is 31.0 Å². The van der Waals surface area contributed by atoms with E-state index >= 15 is 0 Å². The first-order chi connectivity index (χ1) is 18.6. The minimum absolute atomic E-state index is 0.228. The molecule has 0 radical (unpaired) electrons. The first kappa shape index (κ1) is 25.0. The number of hydrogen-bond acceptors (Lipinski definition) is 5. The van der Waals surface area contributed by atoms with Crippen molar-refractivity contribution in [3.8, 4) is 5.75 Å². The number of ether oxygens (including phenoxy) is 1. The van der Waals surface area contributed by atoms with Crippen LogP contribution in [0.4, 0.5) is 11.4 Å². The summed E-state index contributed by atoms with van der Waals surface area (Å²) in [5.41, 5.74) is 3.83. The molecule has 4 aromatic rings. The van der Waals surface area contributed by atoms with Crippen LogP contribution in [-0.2, 0) is 4.79 Å². The van der Waals surface area contributed by atoms with E-state index in [1.54, 1.807) is 78.4 Å². The van der Waals surface area contributed by atoms with Crippen molar-refractivity contribution in [2.24, 2.45) is 4.99 Å². The second-order valence-electron chi connectivity index (χ2n) is 8.47. The minimum Gasteiger partial charge on any atom is -0.497 e. The van der Waals surface area contributed by atoms with E-state index < -0.39 is 0 Å². The van der Waals surface area contributed by atoms with Gasteiger partial charge in [0.15, 0.2) is 0 Å². The number of rotatable bonds is 7. The summed E-state index contributed by atoms with van der Waals surface area (Å²) in [6.07, 6.45) is 3.82. The fraction of sp³-hybridized carbons (Fsp3) is 0.0645. The molecule has 38 heavy (non-hydrogen) atoms. The van der Waals surface area contributed by atoms with Crippen molar-refractivity contribution in [1.29, 1.82) is 0 Å². The number of thioether (sulfide) groups is 1. The molecule has 0 saturated heterocycles. The Bertz CT molecular complexity index is 1510. The third-order valence-corrected chi connectivity index (χ3v) is 6.79. The van der Waals surface area contributed by atoms with Gasteiger partial charge in [0.25, 0.3) is 11.8 Å². The van der Waals surface area contributed by atoms with Gasteiger partial charge in [0.2, 0.25) is 0 Å². The van der Waals surface area contributed by atoms with E-state index in [2.05, 4.69) is 5.32 Å². The predicted molar refractivity (Wildman–Crippen MR) is 154 cm³/mol. The molecule has 7 heteroatoms. The van der Waals surface area contributed by atoms with E-state index in [-0.39, 0.29) is 11.8 Å². The molecule has 0 fully saturated rings. The number of amidine groups is 1. The highest BCUT2D eigenvalue weighted by Gasteiger charge is 2.32. The van der Waals surface area contributed by atoms with Gasteiger partial charge in [-0.25, -0.2) is 4.99 Å². The number of benzene rings is 4. The Morgan fingerprint density at radius 1 is 0.895 bits per heavy atom. The van der Waals surface area contributed by atoms with Crippen molar-refractivity contribution in [3.05, 3.63) is 126 Å². The fourth-order valence-electron chi connectivity index (χ4n) is 4.03. The van der Waals surface area contributed by atoms with E-state index in [1.807, 2.05) is 60.9 Å². The number of carbonyl (C=O) groups is 2. The Balaban J connectivity index is 1.42. The molecular formula is C31H25N3O3S. The zero-order chi connectivity index (χ0) is 26.5. The molecule has 1 N–H and O–H groups in total. The van der Waals surface area contributed by atoms with Crippen LogP contribution in [0.15, 0.2) is 119 Å². The van der Waals surface area contributed by atoms with Crippen molar-refractivity contribution in [2.45, 2.75) is 4.90 Å². The molecule has 0 atom stereocenters. The average Bonchev–Trinajstić information content (AvgIpc) is 3.29. The Kier molecular flexibility index (Phi) is 7.38. The quantitative estimate of drug-likeness (QED) is 0.223. The molecule has 0 bridgehead atoms. The molecule has 6 nitrogen and oxygen atoms in total. The van der Waals surface area contributed by atoms with Gasteiger partial charge in [-0.15, -0.1) is 11.8 Å². The zero-order valence-electron chi connectivity index (χ0n) is 20.9. The van der Waals surface area contributed by atoms with E-state index in [1.165, 1.54) is 0 Å². The highest BCUT2D eigenvalue weighted by molar-refractivity contribution is 7.98. The van der Waals surface area contributed by atoms with Gasteiger partial charge >= 0.3 is 0 Å². The second kappa shape index (κ2) is 11.2. The number of nitrogens with zero attached hydrogens (tertiary/aromatic N) is 2. The predicted octanol–water partition coefficient (Wildman–Crippen LogP) is 6.50. The smallest absolute Gasteiger partial charge is 0.282 e. The number of anilines is 2. The number of amides is 2. The van der Waals surface area contributed by atoms with Gasteiger partial charge in [-0.05, 0) is 78.6 Å². The van der Waals surface area contributed by atoms with Crippen molar-refractivity contribution in [2.75, 3.05) is 23.6 Å². The third kappa shape index (κ3) is 5.38. The number of methoxy groups -OCH3 is 1. The monoisotopic (exact) mass is 519 g/mol. The maximum absolute atomic E-state index is 13.6. The van der Waals surface area contributed by atoms with Crippen molar-refractivity contribution in [3.63, 3.8) is 0 Å². The summed E-state index contributed by atoms with van der Waals surface area (Å²) in [4.78, 5) is 33.8. The lowest BCUT2D eigenvalue weighted by molar-refractivity contribution is -0.113. The summed E-state index contributed by atoms with van der Waals surface area (Å²) in [6, 6.07) is 31.6. The molecule has 5 rings (SSSR count). The van der Waals surface area contributed by atoms with Crippen LogP contribution < -0.4 is 15.0 Å². The van der Waals surface area contributed by atoms with Crippen LogP contribution in [0.1, 0.15) is 21.5 Å². The standard InChI is InChI=1S/C31H25N3O3S/c1-37-26-16-12-24(13-17-26)32-30(35)23-10-14-25(15-11-23)34-29(22-6-4-3-5-7-22)33-28(31(34)36)20-21-8-18-27(38-2)19-9-21/h3-20H,1-2H3,(H,32,35). The summed E-state index contributed by atoms with van der Waals surface area (Å²) in [5.74, 6) is 0.774. The number of carbonyl (C=O) groups excluding carboxylic acids is 2. The Hall–Kier alpha value is -4.62. The second-order valence-corrected chi connectivity index (χ2v) is 9.35. The van der Waals surface area contributed by atoms with Gasteiger partial charge in [0, 0.05) is 21.7 Å². The molecule has 2 amide bonds. The Labute approximate surface area is 225 Å². The van der Waals surface area contributed by atoms with E-state index in [0.29, 0.717) is 34.2 Å². The summed E-state index contributed by atoms with van der Waals surface area (Å²) in [7, 11) is 1.59. The van der Waals surface area contributed by atoms with Crippen molar-refractivity contribution < 1.29 is 14.3 Å². The fourth-order valence-corrected chi connectivity index (χ4v) is 4.44. The minimum atomic E-state index is -0.249. The summed E-state index contributed by atoms with van der Waals surface area (Å²) < 4.78 is 5.16.